The van der Waals surface area contributed by atoms with Gasteiger partial charge in [-0.25, -0.2) is 4.39 Å². The van der Waals surface area contributed by atoms with Crippen molar-refractivity contribution in [2.45, 2.75) is 13.0 Å². The van der Waals surface area contributed by atoms with Crippen LogP contribution < -0.4 is 15.6 Å². The van der Waals surface area contributed by atoms with Gasteiger partial charge in [0.1, 0.15) is 6.54 Å². The van der Waals surface area contributed by atoms with Crippen LogP contribution in [0.3, 0.4) is 0 Å². The van der Waals surface area contributed by atoms with Crippen LogP contribution in [-0.2, 0) is 14.4 Å². The van der Waals surface area contributed by atoms with E-state index in [1.54, 1.807) is 6.07 Å². The normalized spacial score (nSPS) is 15.2. The molecule has 1 heterocycles. The number of hydrazine groups is 1. The number of nitrogens with one attached hydrogen (secondary N) is 2. The first kappa shape index (κ1) is 17.1. The Morgan fingerprint density at radius 1 is 1.39 bits per heavy atom. The quantitative estimate of drug-likeness (QED) is 0.751. The molecular weight excluding hydrogens is 325 g/mol. The standard InChI is InChI=1S/C14H16FN3O4S/c1-9(22-11-5-3-2-4-10(11)15)14(21)17-16-12(19)6-18-8-23-7-13(18)20/h2-5,9H,6-8H2,1H3,(H,16,19)(H,17,21)/t9-/m0/s1. The van der Waals surface area contributed by atoms with E-state index in [-0.39, 0.29) is 18.2 Å². The van der Waals surface area contributed by atoms with Gasteiger partial charge in [0.2, 0.25) is 5.91 Å². The minimum atomic E-state index is -1.00. The van der Waals surface area contributed by atoms with Crippen LogP contribution in [0.15, 0.2) is 24.3 Å². The first-order valence-electron chi connectivity index (χ1n) is 6.83. The smallest absolute Gasteiger partial charge is 0.279 e. The molecular formula is C14H16FN3O4S. The third-order valence-corrected chi connectivity index (χ3v) is 3.94. The van der Waals surface area contributed by atoms with Gasteiger partial charge >= 0.3 is 0 Å². The monoisotopic (exact) mass is 341 g/mol. The molecule has 2 rings (SSSR count). The number of rotatable bonds is 5. The second-order valence-corrected chi connectivity index (χ2v) is 5.75. The van der Waals surface area contributed by atoms with E-state index < -0.39 is 23.7 Å². The maximum Gasteiger partial charge on any atom is 0.279 e. The van der Waals surface area contributed by atoms with E-state index in [0.29, 0.717) is 11.6 Å². The minimum Gasteiger partial charge on any atom is -0.478 e. The molecule has 0 aliphatic carbocycles. The van der Waals surface area contributed by atoms with Crippen molar-refractivity contribution in [3.63, 3.8) is 0 Å². The van der Waals surface area contributed by atoms with Crippen LogP contribution in [0.2, 0.25) is 0 Å². The zero-order valence-corrected chi connectivity index (χ0v) is 13.2. The zero-order chi connectivity index (χ0) is 16.8. The van der Waals surface area contributed by atoms with Crippen molar-refractivity contribution >= 4 is 29.5 Å². The van der Waals surface area contributed by atoms with E-state index in [1.807, 2.05) is 0 Å². The zero-order valence-electron chi connectivity index (χ0n) is 12.4. The number of hydrogen-bond donors (Lipinski definition) is 2. The van der Waals surface area contributed by atoms with Crippen molar-refractivity contribution in [2.24, 2.45) is 0 Å². The lowest BCUT2D eigenvalue weighted by Crippen LogP contribution is -2.50. The molecule has 3 amide bonds. The highest BCUT2D eigenvalue weighted by Gasteiger charge is 2.23. The number of carbonyl (C=O) groups is 3. The predicted octanol–water partition coefficient (Wildman–Crippen LogP) is 0.273. The van der Waals surface area contributed by atoms with Gasteiger partial charge in [0.25, 0.3) is 11.8 Å². The fourth-order valence-corrected chi connectivity index (χ4v) is 2.67. The summed E-state index contributed by atoms with van der Waals surface area (Å²) in [5, 5.41) is 0. The number of nitrogens with zero attached hydrogens (tertiary/aromatic N) is 1. The lowest BCUT2D eigenvalue weighted by atomic mass is 10.3. The molecule has 1 aromatic rings. The molecule has 1 saturated heterocycles. The molecule has 9 heteroatoms. The SMILES string of the molecule is C[C@H](Oc1ccccc1F)C(=O)NNC(=O)CN1CSCC1=O. The summed E-state index contributed by atoms with van der Waals surface area (Å²) in [5.41, 5.74) is 4.38. The molecule has 0 spiro atoms. The van der Waals surface area contributed by atoms with E-state index in [0.717, 1.165) is 0 Å². The molecule has 1 aromatic carbocycles. The highest BCUT2D eigenvalue weighted by Crippen LogP contribution is 2.17. The third-order valence-electron chi connectivity index (χ3n) is 2.99. The molecule has 0 radical (unpaired) electrons. The average molecular weight is 341 g/mol. The number of hydrogen-bond acceptors (Lipinski definition) is 5. The summed E-state index contributed by atoms with van der Waals surface area (Å²) < 4.78 is 18.6. The van der Waals surface area contributed by atoms with E-state index in [2.05, 4.69) is 10.9 Å². The van der Waals surface area contributed by atoms with Gasteiger partial charge in [0.05, 0.1) is 11.6 Å². The number of amides is 3. The first-order chi connectivity index (χ1) is 11.0. The highest BCUT2D eigenvalue weighted by atomic mass is 32.2. The van der Waals surface area contributed by atoms with E-state index in [4.69, 9.17) is 4.74 Å². The van der Waals surface area contributed by atoms with Crippen molar-refractivity contribution in [3.05, 3.63) is 30.1 Å². The highest BCUT2D eigenvalue weighted by molar-refractivity contribution is 8.00. The summed E-state index contributed by atoms with van der Waals surface area (Å²) in [6.07, 6.45) is -1.00. The Hall–Kier alpha value is -2.29. The number of thioether (sulfide) groups is 1. The van der Waals surface area contributed by atoms with Crippen LogP contribution in [-0.4, -0.2) is 46.9 Å². The van der Waals surface area contributed by atoms with Crippen LogP contribution in [0.5, 0.6) is 5.75 Å². The van der Waals surface area contributed by atoms with Gasteiger partial charge in [-0.3, -0.25) is 25.2 Å². The first-order valence-corrected chi connectivity index (χ1v) is 7.98. The predicted molar refractivity (Wildman–Crippen MR) is 81.8 cm³/mol. The van der Waals surface area contributed by atoms with Crippen LogP contribution in [0.1, 0.15) is 6.92 Å². The Morgan fingerprint density at radius 3 is 2.78 bits per heavy atom. The van der Waals surface area contributed by atoms with Crippen molar-refractivity contribution < 1.29 is 23.5 Å². The maximum absolute atomic E-state index is 13.4. The third kappa shape index (κ3) is 4.85. The molecule has 1 aliphatic rings. The molecule has 7 nitrogen and oxygen atoms in total. The molecule has 0 saturated carbocycles. The van der Waals surface area contributed by atoms with Gasteiger partial charge in [-0.2, -0.15) is 0 Å². The summed E-state index contributed by atoms with van der Waals surface area (Å²) in [7, 11) is 0. The maximum atomic E-state index is 13.4. The van der Waals surface area contributed by atoms with Crippen molar-refractivity contribution in [1.82, 2.24) is 15.8 Å². The summed E-state index contributed by atoms with van der Waals surface area (Å²) in [6, 6.07) is 5.70. The van der Waals surface area contributed by atoms with Gasteiger partial charge in [0.15, 0.2) is 17.7 Å². The van der Waals surface area contributed by atoms with Gasteiger partial charge in [-0.15, -0.1) is 11.8 Å². The van der Waals surface area contributed by atoms with Crippen molar-refractivity contribution in [2.75, 3.05) is 18.2 Å². The molecule has 0 unspecified atom stereocenters. The average Bonchev–Trinajstić information content (AvgIpc) is 2.92. The second-order valence-electron chi connectivity index (χ2n) is 4.80. The molecule has 1 atom stereocenters. The molecule has 1 fully saturated rings. The summed E-state index contributed by atoms with van der Waals surface area (Å²) in [5.74, 6) is -1.11. The Kier molecular flexibility index (Phi) is 5.80. The Morgan fingerprint density at radius 2 is 2.13 bits per heavy atom. The Bertz CT molecular complexity index is 613. The van der Waals surface area contributed by atoms with Crippen LogP contribution in [0.25, 0.3) is 0 Å². The Balaban J connectivity index is 1.76. The van der Waals surface area contributed by atoms with Gasteiger partial charge < -0.3 is 9.64 Å². The number of benzene rings is 1. The lowest BCUT2D eigenvalue weighted by molar-refractivity contribution is -0.135. The molecule has 1 aliphatic heterocycles. The fraction of sp³-hybridized carbons (Fsp3) is 0.357. The molecule has 2 N–H and O–H groups in total. The van der Waals surface area contributed by atoms with Gasteiger partial charge in [-0.1, -0.05) is 12.1 Å². The molecule has 23 heavy (non-hydrogen) atoms. The molecule has 0 bridgehead atoms. The second kappa shape index (κ2) is 7.82. The van der Waals surface area contributed by atoms with Gasteiger partial charge in [0, 0.05) is 0 Å². The van der Waals surface area contributed by atoms with Gasteiger partial charge in [-0.05, 0) is 19.1 Å². The fourth-order valence-electron chi connectivity index (χ4n) is 1.77. The van der Waals surface area contributed by atoms with Crippen LogP contribution in [0, 0.1) is 5.82 Å². The number of carbonyl (C=O) groups excluding carboxylic acids is 3. The van der Waals surface area contributed by atoms with E-state index in [9.17, 15) is 18.8 Å². The van der Waals surface area contributed by atoms with E-state index >= 15 is 0 Å². The number of para-hydroxylation sites is 1. The molecule has 0 aromatic heterocycles. The minimum absolute atomic E-state index is 0.0545. The van der Waals surface area contributed by atoms with Crippen molar-refractivity contribution in [1.29, 1.82) is 0 Å². The number of ether oxygens (including phenoxy) is 1. The summed E-state index contributed by atoms with van der Waals surface area (Å²) in [6.45, 7) is 1.29. The summed E-state index contributed by atoms with van der Waals surface area (Å²) in [4.78, 5) is 36.2. The van der Waals surface area contributed by atoms with Crippen LogP contribution >= 0.6 is 11.8 Å². The van der Waals surface area contributed by atoms with Crippen LogP contribution in [0.4, 0.5) is 4.39 Å². The Labute approximate surface area is 136 Å². The van der Waals surface area contributed by atoms with Crippen molar-refractivity contribution in [3.8, 4) is 5.75 Å². The summed E-state index contributed by atoms with van der Waals surface area (Å²) >= 11 is 1.42. The topological polar surface area (TPSA) is 87.7 Å². The molecule has 124 valence electrons. The lowest BCUT2D eigenvalue weighted by Gasteiger charge is -2.17. The largest absolute Gasteiger partial charge is 0.478 e. The number of halogens is 1. The van der Waals surface area contributed by atoms with E-state index in [1.165, 1.54) is 41.8 Å².